The van der Waals surface area contributed by atoms with Crippen molar-refractivity contribution in [2.24, 2.45) is 0 Å². The van der Waals surface area contributed by atoms with Gasteiger partial charge in [0.05, 0.1) is 11.9 Å². The van der Waals surface area contributed by atoms with E-state index in [9.17, 15) is 18.0 Å². The van der Waals surface area contributed by atoms with Crippen molar-refractivity contribution in [3.63, 3.8) is 0 Å². The van der Waals surface area contributed by atoms with Gasteiger partial charge in [0.2, 0.25) is 21.8 Å². The standard InChI is InChI=1S/C24H32ClN3O4S/c1-5-18(3)26-24(30)22(6-2)27(16-19-11-8-7-9-12-19)23(29)17-28(33(4,31)32)21-14-10-13-20(25)15-21/h7-15,18,22H,5-6,16-17H2,1-4H3,(H,26,30). The first-order valence-electron chi connectivity index (χ1n) is 10.9. The SMILES string of the molecule is CCC(C)NC(=O)C(CC)N(Cc1ccccc1)C(=O)CN(c1cccc(Cl)c1)S(C)(=O)=O. The van der Waals surface area contributed by atoms with Crippen molar-refractivity contribution in [2.45, 2.75) is 52.2 Å². The minimum Gasteiger partial charge on any atom is -0.352 e. The zero-order valence-corrected chi connectivity index (χ0v) is 21.1. The lowest BCUT2D eigenvalue weighted by molar-refractivity contribution is -0.140. The van der Waals surface area contributed by atoms with Crippen LogP contribution in [0, 0.1) is 0 Å². The van der Waals surface area contributed by atoms with E-state index in [4.69, 9.17) is 11.6 Å². The number of rotatable bonds is 11. The van der Waals surface area contributed by atoms with E-state index in [2.05, 4.69) is 5.32 Å². The van der Waals surface area contributed by atoms with E-state index in [0.717, 1.165) is 22.5 Å². The third-order valence-electron chi connectivity index (χ3n) is 5.36. The van der Waals surface area contributed by atoms with Crippen molar-refractivity contribution in [3.8, 4) is 0 Å². The largest absolute Gasteiger partial charge is 0.352 e. The van der Waals surface area contributed by atoms with Crippen LogP contribution in [-0.4, -0.2) is 50.0 Å². The Morgan fingerprint density at radius 2 is 1.70 bits per heavy atom. The zero-order valence-electron chi connectivity index (χ0n) is 19.5. The lowest BCUT2D eigenvalue weighted by atomic mass is 10.1. The number of carbonyl (C=O) groups excluding carboxylic acids is 2. The van der Waals surface area contributed by atoms with Gasteiger partial charge in [-0.05, 0) is 43.5 Å². The molecule has 0 saturated heterocycles. The maximum atomic E-state index is 13.5. The summed E-state index contributed by atoms with van der Waals surface area (Å²) in [6.45, 7) is 5.43. The number of carbonyl (C=O) groups is 2. The normalized spacial score (nSPS) is 13.1. The van der Waals surface area contributed by atoms with E-state index < -0.39 is 28.5 Å². The van der Waals surface area contributed by atoms with Gasteiger partial charge in [-0.3, -0.25) is 13.9 Å². The van der Waals surface area contributed by atoms with Gasteiger partial charge in [0, 0.05) is 17.6 Å². The van der Waals surface area contributed by atoms with Crippen LogP contribution in [0.3, 0.4) is 0 Å². The Hall–Kier alpha value is -2.58. The Labute approximate surface area is 201 Å². The number of halogens is 1. The van der Waals surface area contributed by atoms with Gasteiger partial charge >= 0.3 is 0 Å². The number of hydrogen-bond acceptors (Lipinski definition) is 4. The van der Waals surface area contributed by atoms with Crippen LogP contribution in [0.2, 0.25) is 5.02 Å². The highest BCUT2D eigenvalue weighted by molar-refractivity contribution is 7.92. The predicted octanol–water partition coefficient (Wildman–Crippen LogP) is 3.83. The summed E-state index contributed by atoms with van der Waals surface area (Å²) in [5, 5.41) is 3.30. The van der Waals surface area contributed by atoms with Gasteiger partial charge in [-0.2, -0.15) is 0 Å². The van der Waals surface area contributed by atoms with Crippen molar-refractivity contribution in [1.29, 1.82) is 0 Å². The molecule has 0 bridgehead atoms. The number of nitrogens with one attached hydrogen (secondary N) is 1. The highest BCUT2D eigenvalue weighted by Crippen LogP contribution is 2.23. The van der Waals surface area contributed by atoms with E-state index in [1.54, 1.807) is 18.2 Å². The summed E-state index contributed by atoms with van der Waals surface area (Å²) < 4.78 is 26.1. The van der Waals surface area contributed by atoms with Crippen molar-refractivity contribution in [1.82, 2.24) is 10.2 Å². The Bertz CT molecular complexity index is 1050. The number of nitrogens with zero attached hydrogens (tertiary/aromatic N) is 2. The first-order valence-corrected chi connectivity index (χ1v) is 13.2. The predicted molar refractivity (Wildman–Crippen MR) is 133 cm³/mol. The van der Waals surface area contributed by atoms with Gasteiger partial charge in [-0.25, -0.2) is 8.42 Å². The van der Waals surface area contributed by atoms with Crippen LogP contribution in [-0.2, 0) is 26.2 Å². The summed E-state index contributed by atoms with van der Waals surface area (Å²) in [6, 6.07) is 14.8. The molecule has 33 heavy (non-hydrogen) atoms. The van der Waals surface area contributed by atoms with Gasteiger partial charge in [0.15, 0.2) is 0 Å². The molecule has 0 radical (unpaired) electrons. The maximum absolute atomic E-state index is 13.5. The molecule has 0 saturated carbocycles. The smallest absolute Gasteiger partial charge is 0.244 e. The molecule has 2 rings (SSSR count). The first-order chi connectivity index (χ1) is 15.6. The summed E-state index contributed by atoms with van der Waals surface area (Å²) >= 11 is 6.05. The molecule has 180 valence electrons. The molecule has 2 aromatic rings. The summed E-state index contributed by atoms with van der Waals surface area (Å²) in [5.74, 6) is -0.736. The van der Waals surface area contributed by atoms with E-state index in [1.165, 1.54) is 11.0 Å². The number of hydrogen-bond donors (Lipinski definition) is 1. The fourth-order valence-electron chi connectivity index (χ4n) is 3.39. The molecule has 0 aliphatic rings. The Kier molecular flexibility index (Phi) is 9.73. The van der Waals surface area contributed by atoms with E-state index >= 15 is 0 Å². The quantitative estimate of drug-likeness (QED) is 0.515. The molecule has 0 fully saturated rings. The highest BCUT2D eigenvalue weighted by Gasteiger charge is 2.32. The molecule has 2 aromatic carbocycles. The fourth-order valence-corrected chi connectivity index (χ4v) is 4.41. The van der Waals surface area contributed by atoms with Crippen LogP contribution >= 0.6 is 11.6 Å². The van der Waals surface area contributed by atoms with Gasteiger partial charge in [-0.1, -0.05) is 61.8 Å². The first kappa shape index (κ1) is 26.7. The molecule has 0 aliphatic heterocycles. The van der Waals surface area contributed by atoms with Crippen molar-refractivity contribution in [2.75, 3.05) is 17.1 Å². The van der Waals surface area contributed by atoms with Crippen LogP contribution in [0.1, 0.15) is 39.2 Å². The molecule has 2 amide bonds. The lowest BCUT2D eigenvalue weighted by Crippen LogP contribution is -2.53. The average Bonchev–Trinajstić information content (AvgIpc) is 2.76. The third kappa shape index (κ3) is 7.75. The Balaban J connectivity index is 2.41. The number of benzene rings is 2. The molecule has 0 aliphatic carbocycles. The van der Waals surface area contributed by atoms with Crippen LogP contribution in [0.15, 0.2) is 54.6 Å². The van der Waals surface area contributed by atoms with E-state index in [0.29, 0.717) is 11.4 Å². The summed E-state index contributed by atoms with van der Waals surface area (Å²) in [7, 11) is -3.79. The molecule has 0 spiro atoms. The highest BCUT2D eigenvalue weighted by atomic mass is 35.5. The second-order valence-corrected chi connectivity index (χ2v) is 10.3. The van der Waals surface area contributed by atoms with Crippen LogP contribution in [0.4, 0.5) is 5.69 Å². The molecular weight excluding hydrogens is 462 g/mol. The topological polar surface area (TPSA) is 86.8 Å². The summed E-state index contributed by atoms with van der Waals surface area (Å²) in [6.07, 6.45) is 2.18. The Morgan fingerprint density at radius 1 is 1.03 bits per heavy atom. The molecule has 2 unspecified atom stereocenters. The fraction of sp³-hybridized carbons (Fsp3) is 0.417. The minimum atomic E-state index is -3.79. The summed E-state index contributed by atoms with van der Waals surface area (Å²) in [4.78, 5) is 28.0. The van der Waals surface area contributed by atoms with E-state index in [-0.39, 0.29) is 24.2 Å². The molecule has 0 aromatic heterocycles. The summed E-state index contributed by atoms with van der Waals surface area (Å²) in [5.41, 5.74) is 1.13. The number of amides is 2. The molecular formula is C24H32ClN3O4S. The monoisotopic (exact) mass is 493 g/mol. The third-order valence-corrected chi connectivity index (χ3v) is 6.73. The van der Waals surface area contributed by atoms with Gasteiger partial charge in [-0.15, -0.1) is 0 Å². The molecule has 2 atom stereocenters. The molecule has 1 N–H and O–H groups in total. The maximum Gasteiger partial charge on any atom is 0.244 e. The second kappa shape index (κ2) is 12.0. The molecule has 7 nitrogen and oxygen atoms in total. The lowest BCUT2D eigenvalue weighted by Gasteiger charge is -2.33. The number of anilines is 1. The van der Waals surface area contributed by atoms with Crippen LogP contribution in [0.5, 0.6) is 0 Å². The second-order valence-electron chi connectivity index (χ2n) is 8.00. The van der Waals surface area contributed by atoms with Crippen molar-refractivity contribution < 1.29 is 18.0 Å². The average molecular weight is 494 g/mol. The zero-order chi connectivity index (χ0) is 24.6. The molecule has 0 heterocycles. The number of sulfonamides is 1. The van der Waals surface area contributed by atoms with Crippen LogP contribution in [0.25, 0.3) is 0 Å². The van der Waals surface area contributed by atoms with Gasteiger partial charge in [0.1, 0.15) is 12.6 Å². The van der Waals surface area contributed by atoms with Crippen LogP contribution < -0.4 is 9.62 Å². The molecule has 9 heteroatoms. The Morgan fingerprint density at radius 3 is 2.24 bits per heavy atom. The van der Waals surface area contributed by atoms with Crippen molar-refractivity contribution in [3.05, 3.63) is 65.2 Å². The van der Waals surface area contributed by atoms with E-state index in [1.807, 2.05) is 51.1 Å². The minimum absolute atomic E-state index is 0.0424. The van der Waals surface area contributed by atoms with Crippen molar-refractivity contribution >= 4 is 39.1 Å². The van der Waals surface area contributed by atoms with Gasteiger partial charge < -0.3 is 10.2 Å². The van der Waals surface area contributed by atoms with Gasteiger partial charge in [0.25, 0.3) is 0 Å².